The van der Waals surface area contributed by atoms with Crippen molar-refractivity contribution in [3.05, 3.63) is 174 Å². The highest BCUT2D eigenvalue weighted by Gasteiger charge is 2.46. The van der Waals surface area contributed by atoms with Gasteiger partial charge in [-0.3, -0.25) is 57.5 Å². The predicted octanol–water partition coefficient (Wildman–Crippen LogP) is -1.52. The Balaban J connectivity index is 1.06. The average molecular weight is 1630 g/mol. The minimum atomic E-state index is -1.94. The smallest absolute Gasteiger partial charge is 0.246 e. The number of phenolic OH excluding ortho intramolecular Hbond substituents is 1. The summed E-state index contributed by atoms with van der Waals surface area (Å²) in [5.74, 6) is -12.7. The standard InChI is InChI=1S/C83H109N17O18/c1-47(2)38-59-75(109)95-64(41-50-18-10-6-11-19-50)82(116)100-35-15-23-65(100)80(114)94-62(42-55-45-99(98-97-55)36-37-117-83-70(72(106)71(105)66(46-101)118-83)87-44-52-24-28-54(29-25-52)53-20-12-7-13-21-53)77(111)92-60(39-49-16-8-5-9-17-49)76(110)93-63(43-68(86)104)78(112)88-58(32-33-67(85)103)74(108)91-61(40-51-26-30-56(102)31-27-51)79(113)96-69(48(3)4)81(115)89-57(22-14-34-84)73(107)90-59/h5-13,16-21,24-31,45,47-48,57-66,69-72,83,87,101-102,105-106H,14-15,22-23,32-44,46,84H2,1-4H3,(H2,85,103)(H2,86,104)(H,88,112)(H,89,115)(H,90,107)(H,91,108)(H,92,111)(H,93,110)(H,94,114)(H,95,109)(H,96,113)/t57-,58-,59-,60+,61-,62-,63-,64+,65-,66+,69-,70+,71-,72+,83+/m0/s1. The molecule has 634 valence electrons. The van der Waals surface area contributed by atoms with Crippen LogP contribution < -0.4 is 70.4 Å². The van der Waals surface area contributed by atoms with E-state index in [1.54, 1.807) is 88.4 Å². The van der Waals surface area contributed by atoms with Crippen LogP contribution in [-0.2, 0) is 106 Å². The van der Waals surface area contributed by atoms with E-state index in [4.69, 9.17) is 26.7 Å². The molecule has 0 saturated carbocycles. The molecule has 12 amide bonds. The highest BCUT2D eigenvalue weighted by atomic mass is 16.7. The van der Waals surface area contributed by atoms with Crippen LogP contribution in [0, 0.1) is 11.8 Å². The Labute approximate surface area is 683 Å². The van der Waals surface area contributed by atoms with Crippen molar-refractivity contribution in [2.75, 3.05) is 26.3 Å². The van der Waals surface area contributed by atoms with Gasteiger partial charge in [0.25, 0.3) is 0 Å². The van der Waals surface area contributed by atoms with Gasteiger partial charge in [-0.1, -0.05) is 160 Å². The van der Waals surface area contributed by atoms with Crippen molar-refractivity contribution in [3.8, 4) is 16.9 Å². The van der Waals surface area contributed by atoms with Crippen LogP contribution in [0.25, 0.3) is 11.1 Å². The van der Waals surface area contributed by atoms with Crippen LogP contribution in [0.1, 0.15) is 107 Å². The quantitative estimate of drug-likeness (QED) is 0.0265. The molecule has 6 aromatic rings. The van der Waals surface area contributed by atoms with Crippen LogP contribution >= 0.6 is 0 Å². The molecule has 1 aromatic heterocycles. The Bertz CT molecular complexity index is 4370. The Kier molecular flexibility index (Phi) is 33.8. The first-order valence-corrected chi connectivity index (χ1v) is 39.7. The summed E-state index contributed by atoms with van der Waals surface area (Å²) in [7, 11) is 0. The minimum Gasteiger partial charge on any atom is -0.508 e. The Morgan fingerprint density at radius 2 is 1.05 bits per heavy atom. The molecule has 3 aliphatic heterocycles. The van der Waals surface area contributed by atoms with Gasteiger partial charge in [-0.15, -0.1) is 5.10 Å². The number of phenols is 1. The Morgan fingerprint density at radius 3 is 1.64 bits per heavy atom. The maximum Gasteiger partial charge on any atom is 0.246 e. The predicted molar refractivity (Wildman–Crippen MR) is 429 cm³/mol. The number of fused-ring (bicyclic) bond motifs is 1. The van der Waals surface area contributed by atoms with Crippen molar-refractivity contribution in [1.29, 1.82) is 0 Å². The molecule has 15 atom stereocenters. The lowest BCUT2D eigenvalue weighted by Crippen LogP contribution is -2.63. The van der Waals surface area contributed by atoms with Gasteiger partial charge in [0, 0.05) is 51.4 Å². The molecular formula is C83H109N17O18. The van der Waals surface area contributed by atoms with Gasteiger partial charge >= 0.3 is 0 Å². The number of ether oxygens (including phenoxy) is 2. The maximum absolute atomic E-state index is 15.5. The van der Waals surface area contributed by atoms with Gasteiger partial charge in [0.1, 0.15) is 84.5 Å². The lowest BCUT2D eigenvalue weighted by Gasteiger charge is -2.42. The molecule has 0 aliphatic carbocycles. The van der Waals surface area contributed by atoms with E-state index in [-0.39, 0.29) is 102 Å². The highest BCUT2D eigenvalue weighted by Crippen LogP contribution is 2.26. The van der Waals surface area contributed by atoms with Crippen molar-refractivity contribution in [1.82, 2.24) is 73.1 Å². The normalized spacial score (nSPS) is 25.2. The van der Waals surface area contributed by atoms with Crippen molar-refractivity contribution < 1.29 is 87.4 Å². The molecule has 4 heterocycles. The van der Waals surface area contributed by atoms with Crippen LogP contribution in [0.15, 0.2) is 146 Å². The minimum absolute atomic E-state index is 0.0117. The van der Waals surface area contributed by atoms with E-state index >= 15 is 24.0 Å². The number of aromatic hydroxyl groups is 1. The fourth-order valence-electron chi connectivity index (χ4n) is 14.2. The second-order valence-electron chi connectivity index (χ2n) is 30.6. The third-order valence-electron chi connectivity index (χ3n) is 20.6. The summed E-state index contributed by atoms with van der Waals surface area (Å²) in [5, 5.41) is 78.8. The van der Waals surface area contributed by atoms with Gasteiger partial charge in [0.05, 0.1) is 37.9 Å². The second-order valence-corrected chi connectivity index (χ2v) is 30.6. The van der Waals surface area contributed by atoms with Crippen LogP contribution in [-0.4, -0.2) is 229 Å². The Hall–Kier alpha value is -11.6. The van der Waals surface area contributed by atoms with Gasteiger partial charge in [-0.05, 0) is 102 Å². The van der Waals surface area contributed by atoms with Gasteiger partial charge in [-0.25, -0.2) is 4.68 Å². The fourth-order valence-corrected chi connectivity index (χ4v) is 14.2. The molecular weight excluding hydrogens is 1520 g/mol. The molecule has 0 unspecified atom stereocenters. The average Bonchev–Trinajstić information content (AvgIpc) is 1.12. The number of hydrogen-bond donors (Lipinski definition) is 17. The van der Waals surface area contributed by atoms with E-state index in [9.17, 15) is 54.0 Å². The Morgan fingerprint density at radius 1 is 0.559 bits per heavy atom. The van der Waals surface area contributed by atoms with E-state index in [2.05, 4.69) is 63.5 Å². The summed E-state index contributed by atoms with van der Waals surface area (Å²) in [6.07, 6.45) is -6.81. The summed E-state index contributed by atoms with van der Waals surface area (Å²) in [6.45, 7) is 6.17. The van der Waals surface area contributed by atoms with Gasteiger partial charge < -0.3 is 105 Å². The number of aliphatic hydroxyl groups excluding tert-OH is 3. The molecule has 9 rings (SSSR count). The first-order valence-electron chi connectivity index (χ1n) is 39.7. The summed E-state index contributed by atoms with van der Waals surface area (Å²) >= 11 is 0. The number of primary amides is 2. The molecule has 3 saturated heterocycles. The number of aliphatic hydroxyl groups is 3. The topological polar surface area (TPSA) is 537 Å². The summed E-state index contributed by atoms with van der Waals surface area (Å²) < 4.78 is 13.5. The molecule has 118 heavy (non-hydrogen) atoms. The van der Waals surface area contributed by atoms with E-state index in [0.29, 0.717) is 16.7 Å². The zero-order valence-corrected chi connectivity index (χ0v) is 66.4. The van der Waals surface area contributed by atoms with Crippen LogP contribution in [0.2, 0.25) is 0 Å². The van der Waals surface area contributed by atoms with E-state index in [1.165, 1.54) is 40.0 Å². The van der Waals surface area contributed by atoms with Crippen molar-refractivity contribution >= 4 is 70.9 Å². The number of nitrogens with one attached hydrogen (secondary N) is 10. The molecule has 20 N–H and O–H groups in total. The number of aromatic nitrogens is 3. The largest absolute Gasteiger partial charge is 0.508 e. The van der Waals surface area contributed by atoms with E-state index in [1.807, 2.05) is 54.6 Å². The molecule has 0 spiro atoms. The maximum atomic E-state index is 15.5. The van der Waals surface area contributed by atoms with Crippen molar-refractivity contribution in [2.45, 2.75) is 209 Å². The van der Waals surface area contributed by atoms with Crippen molar-refractivity contribution in [3.63, 3.8) is 0 Å². The number of carbonyl (C=O) groups is 12. The van der Waals surface area contributed by atoms with Gasteiger partial charge in [0.15, 0.2) is 6.29 Å². The SMILES string of the molecule is CC(C)C[C@@H]1NC(=O)[C@H](CCCN)NC(=O)[C@H](C(C)C)NC(=O)[C@H](Cc2ccc(O)cc2)NC(=O)[C@H](CCC(N)=O)NC(=O)[C@H](CC(N)=O)NC(=O)[C@@H](Cc2ccccc2)NC(=O)[C@H](Cc2cn(CCO[C@@H]3O[C@H](CO)[C@H](O)[C@H](O)[C@H]3NCc3ccc(-c4ccccc4)cc3)nn2)NC(=O)[C@@H]2CCCN2C(=O)[C@@H](Cc2ccccc2)NC1=O. The fraction of sp³-hybridized carbons (Fsp3) is 0.470. The molecule has 35 heteroatoms. The number of benzene rings is 5. The third kappa shape index (κ3) is 26.5. The first-order chi connectivity index (χ1) is 56.5. The molecule has 5 aromatic carbocycles. The van der Waals surface area contributed by atoms with Gasteiger partial charge in [0.2, 0.25) is 70.9 Å². The van der Waals surface area contributed by atoms with Crippen LogP contribution in [0.4, 0.5) is 0 Å². The second kappa shape index (κ2) is 44.1. The number of hydrogen-bond acceptors (Lipinski definition) is 22. The molecule has 3 fully saturated rings. The van der Waals surface area contributed by atoms with Crippen LogP contribution in [0.5, 0.6) is 5.75 Å². The lowest BCUT2D eigenvalue weighted by molar-refractivity contribution is -0.271. The molecule has 3 aliphatic rings. The van der Waals surface area contributed by atoms with E-state index in [0.717, 1.165) is 16.7 Å². The third-order valence-corrected chi connectivity index (χ3v) is 20.6. The van der Waals surface area contributed by atoms with Crippen LogP contribution in [0.3, 0.4) is 0 Å². The summed E-state index contributed by atoms with van der Waals surface area (Å²) in [5.41, 5.74) is 21.6. The number of nitrogens with zero attached hydrogens (tertiary/aromatic N) is 4. The monoisotopic (exact) mass is 1630 g/mol. The molecule has 0 radical (unpaired) electrons. The van der Waals surface area contributed by atoms with Gasteiger partial charge in [-0.2, -0.15) is 0 Å². The number of carbonyl (C=O) groups excluding carboxylic acids is 12. The highest BCUT2D eigenvalue weighted by molar-refractivity contribution is 6.01. The first kappa shape index (κ1) is 90.3. The van der Waals surface area contributed by atoms with E-state index < -0.39 is 200 Å². The summed E-state index contributed by atoms with van der Waals surface area (Å²) in [6, 6.07) is 23.3. The zero-order valence-electron chi connectivity index (χ0n) is 66.4. The summed E-state index contributed by atoms with van der Waals surface area (Å²) in [4.78, 5) is 177. The number of nitrogens with two attached hydrogens (primary N) is 3. The lowest BCUT2D eigenvalue weighted by atomic mass is 9.96. The molecule has 35 nitrogen and oxygen atoms in total. The molecule has 0 bridgehead atoms. The number of amides is 12. The van der Waals surface area contributed by atoms with Crippen molar-refractivity contribution in [2.24, 2.45) is 29.0 Å². The zero-order chi connectivity index (χ0) is 85.1. The number of rotatable bonds is 28.